The van der Waals surface area contributed by atoms with Crippen LogP contribution in [0.4, 0.5) is 4.39 Å². The number of hydrogen-bond acceptors (Lipinski definition) is 3. The molecule has 3 nitrogen and oxygen atoms in total. The molecule has 2 rings (SSSR count). The number of nitrogens with one attached hydrogen (secondary N) is 1. The molecule has 0 spiro atoms. The third kappa shape index (κ3) is 3.54. The number of rotatable bonds is 5. The predicted octanol–water partition coefficient (Wildman–Crippen LogP) is 3.99. The van der Waals surface area contributed by atoms with Crippen LogP contribution in [0.5, 0.6) is 11.5 Å². The first-order chi connectivity index (χ1) is 9.60. The van der Waals surface area contributed by atoms with Gasteiger partial charge in [-0.25, -0.2) is 4.39 Å². The molecule has 1 N–H and O–H groups in total. The molecular weight excluding hydrogens is 255 g/mol. The monoisotopic (exact) mass is 274 g/mol. The lowest BCUT2D eigenvalue weighted by Gasteiger charge is -2.13. The summed E-state index contributed by atoms with van der Waals surface area (Å²) in [6.07, 6.45) is 1.69. The third-order valence-electron chi connectivity index (χ3n) is 3.08. The summed E-state index contributed by atoms with van der Waals surface area (Å²) in [5, 5.41) is 3.30. The molecule has 0 radical (unpaired) electrons. The van der Waals surface area contributed by atoms with Crippen LogP contribution in [0.3, 0.4) is 0 Å². The maximum absolute atomic E-state index is 13.0. The van der Waals surface area contributed by atoms with E-state index in [9.17, 15) is 4.39 Å². The Morgan fingerprint density at radius 3 is 2.70 bits per heavy atom. The van der Waals surface area contributed by atoms with Crippen LogP contribution < -0.4 is 10.1 Å². The lowest BCUT2D eigenvalue weighted by Crippen LogP contribution is -2.18. The van der Waals surface area contributed by atoms with Crippen LogP contribution in [0.25, 0.3) is 0 Å². The van der Waals surface area contributed by atoms with Crippen molar-refractivity contribution in [2.75, 3.05) is 6.54 Å². The van der Waals surface area contributed by atoms with Gasteiger partial charge >= 0.3 is 0 Å². The van der Waals surface area contributed by atoms with E-state index in [4.69, 9.17) is 4.74 Å². The topological polar surface area (TPSA) is 34.1 Å². The number of aromatic nitrogens is 1. The Labute approximate surface area is 118 Å². The molecule has 106 valence electrons. The molecule has 0 saturated heterocycles. The van der Waals surface area contributed by atoms with E-state index in [1.807, 2.05) is 19.1 Å². The molecule has 1 atom stereocenters. The Kier molecular flexibility index (Phi) is 4.69. The van der Waals surface area contributed by atoms with Gasteiger partial charge in [-0.2, -0.15) is 0 Å². The lowest BCUT2D eigenvalue weighted by molar-refractivity contribution is 0.472. The molecule has 0 aliphatic rings. The van der Waals surface area contributed by atoms with Crippen LogP contribution in [0.15, 0.2) is 36.5 Å². The molecule has 4 heteroatoms. The summed E-state index contributed by atoms with van der Waals surface area (Å²) in [6, 6.07) is 8.48. The van der Waals surface area contributed by atoms with E-state index < -0.39 is 0 Å². The van der Waals surface area contributed by atoms with Crippen LogP contribution in [-0.2, 0) is 0 Å². The van der Waals surface area contributed by atoms with Gasteiger partial charge in [0.15, 0.2) is 0 Å². The highest BCUT2D eigenvalue weighted by Crippen LogP contribution is 2.25. The molecule has 2 aromatic rings. The number of hydrogen-bond donors (Lipinski definition) is 1. The van der Waals surface area contributed by atoms with E-state index in [0.717, 1.165) is 17.8 Å². The average molecular weight is 274 g/mol. The second-order valence-electron chi connectivity index (χ2n) is 4.71. The van der Waals surface area contributed by atoms with E-state index in [2.05, 4.69) is 24.1 Å². The number of aryl methyl sites for hydroxylation is 1. The van der Waals surface area contributed by atoms with Gasteiger partial charge < -0.3 is 10.1 Å². The zero-order chi connectivity index (χ0) is 14.5. The number of ether oxygens (including phenoxy) is 1. The van der Waals surface area contributed by atoms with Gasteiger partial charge in [0.25, 0.3) is 0 Å². The molecule has 0 amide bonds. The minimum atomic E-state index is -0.261. The van der Waals surface area contributed by atoms with Crippen LogP contribution in [0.1, 0.15) is 31.1 Å². The number of pyridine rings is 1. The van der Waals surface area contributed by atoms with Crippen molar-refractivity contribution in [2.45, 2.75) is 26.8 Å². The predicted molar refractivity (Wildman–Crippen MR) is 77.5 cm³/mol. The van der Waals surface area contributed by atoms with Crippen molar-refractivity contribution in [3.63, 3.8) is 0 Å². The Morgan fingerprint density at radius 1 is 1.30 bits per heavy atom. The highest BCUT2D eigenvalue weighted by molar-refractivity contribution is 5.36. The maximum atomic E-state index is 13.0. The molecular formula is C16H19FN2O. The van der Waals surface area contributed by atoms with E-state index in [-0.39, 0.29) is 11.9 Å². The van der Waals surface area contributed by atoms with Gasteiger partial charge in [-0.15, -0.1) is 0 Å². The largest absolute Gasteiger partial charge is 0.455 e. The second kappa shape index (κ2) is 6.48. The molecule has 0 aliphatic carbocycles. The van der Waals surface area contributed by atoms with Crippen LogP contribution >= 0.6 is 0 Å². The SMILES string of the molecule is CCNC(C)c1ccc(Oc2ccc(F)cc2C)cn1. The van der Waals surface area contributed by atoms with Gasteiger partial charge in [-0.1, -0.05) is 6.92 Å². The third-order valence-corrected chi connectivity index (χ3v) is 3.08. The van der Waals surface area contributed by atoms with E-state index in [1.54, 1.807) is 12.3 Å². The zero-order valence-corrected chi connectivity index (χ0v) is 12.0. The summed E-state index contributed by atoms with van der Waals surface area (Å²) in [7, 11) is 0. The van der Waals surface area contributed by atoms with Crippen molar-refractivity contribution in [3.05, 3.63) is 53.6 Å². The summed E-state index contributed by atoms with van der Waals surface area (Å²) in [6.45, 7) is 6.84. The van der Waals surface area contributed by atoms with Crippen molar-refractivity contribution in [3.8, 4) is 11.5 Å². The molecule has 1 unspecified atom stereocenters. The van der Waals surface area contributed by atoms with E-state index in [0.29, 0.717) is 11.5 Å². The summed E-state index contributed by atoms with van der Waals surface area (Å²) in [5.41, 5.74) is 1.73. The molecule has 1 heterocycles. The molecule has 0 saturated carbocycles. The Hall–Kier alpha value is -1.94. The summed E-state index contributed by atoms with van der Waals surface area (Å²) >= 11 is 0. The normalized spacial score (nSPS) is 12.2. The first-order valence-corrected chi connectivity index (χ1v) is 6.73. The van der Waals surface area contributed by atoms with Gasteiger partial charge in [0.1, 0.15) is 17.3 Å². The Balaban J connectivity index is 2.10. The fourth-order valence-electron chi connectivity index (χ4n) is 1.97. The molecule has 1 aromatic heterocycles. The van der Waals surface area contributed by atoms with Gasteiger partial charge in [0.05, 0.1) is 11.9 Å². The molecule has 1 aromatic carbocycles. The van der Waals surface area contributed by atoms with Crippen molar-refractivity contribution in [1.29, 1.82) is 0 Å². The summed E-state index contributed by atoms with van der Waals surface area (Å²) in [4.78, 5) is 4.38. The Bertz CT molecular complexity index is 569. The fraction of sp³-hybridized carbons (Fsp3) is 0.312. The Morgan fingerprint density at radius 2 is 2.10 bits per heavy atom. The van der Waals surface area contributed by atoms with Gasteiger partial charge in [-0.05, 0) is 56.3 Å². The lowest BCUT2D eigenvalue weighted by atomic mass is 10.2. The van der Waals surface area contributed by atoms with E-state index in [1.165, 1.54) is 12.1 Å². The highest BCUT2D eigenvalue weighted by Gasteiger charge is 2.07. The van der Waals surface area contributed by atoms with Crippen molar-refractivity contribution < 1.29 is 9.13 Å². The number of benzene rings is 1. The first kappa shape index (κ1) is 14.5. The summed E-state index contributed by atoms with van der Waals surface area (Å²) in [5.74, 6) is 1.02. The smallest absolute Gasteiger partial charge is 0.145 e. The number of halogens is 1. The zero-order valence-electron chi connectivity index (χ0n) is 12.0. The molecule has 20 heavy (non-hydrogen) atoms. The number of nitrogens with zero attached hydrogens (tertiary/aromatic N) is 1. The minimum Gasteiger partial charge on any atom is -0.455 e. The van der Waals surface area contributed by atoms with Crippen molar-refractivity contribution in [2.24, 2.45) is 0 Å². The van der Waals surface area contributed by atoms with Crippen molar-refractivity contribution in [1.82, 2.24) is 10.3 Å². The quantitative estimate of drug-likeness (QED) is 0.895. The maximum Gasteiger partial charge on any atom is 0.145 e. The van der Waals surface area contributed by atoms with Crippen LogP contribution in [0.2, 0.25) is 0 Å². The van der Waals surface area contributed by atoms with Crippen LogP contribution in [0, 0.1) is 12.7 Å². The average Bonchev–Trinajstić information content (AvgIpc) is 2.43. The van der Waals surface area contributed by atoms with Crippen molar-refractivity contribution >= 4 is 0 Å². The van der Waals surface area contributed by atoms with Gasteiger partial charge in [0, 0.05) is 6.04 Å². The molecule has 0 aliphatic heterocycles. The standard InChI is InChI=1S/C16H19FN2O/c1-4-18-12(3)15-7-6-14(10-19-15)20-16-8-5-13(17)9-11(16)2/h5-10,12,18H,4H2,1-3H3. The van der Waals surface area contributed by atoms with Gasteiger partial charge in [0.2, 0.25) is 0 Å². The van der Waals surface area contributed by atoms with E-state index >= 15 is 0 Å². The molecule has 0 bridgehead atoms. The minimum absolute atomic E-state index is 0.210. The fourth-order valence-corrected chi connectivity index (χ4v) is 1.97. The molecule has 0 fully saturated rings. The summed E-state index contributed by atoms with van der Waals surface area (Å²) < 4.78 is 18.7. The second-order valence-corrected chi connectivity index (χ2v) is 4.71. The van der Waals surface area contributed by atoms with Crippen LogP contribution in [-0.4, -0.2) is 11.5 Å². The van der Waals surface area contributed by atoms with Gasteiger partial charge in [-0.3, -0.25) is 4.98 Å². The first-order valence-electron chi connectivity index (χ1n) is 6.73. The highest BCUT2D eigenvalue weighted by atomic mass is 19.1.